The van der Waals surface area contributed by atoms with E-state index in [0.29, 0.717) is 0 Å². The molecule has 0 unspecified atom stereocenters. The van der Waals surface area contributed by atoms with Crippen molar-refractivity contribution in [3.63, 3.8) is 0 Å². The van der Waals surface area contributed by atoms with Crippen LogP contribution in [0.3, 0.4) is 0 Å². The van der Waals surface area contributed by atoms with Crippen molar-refractivity contribution in [1.29, 1.82) is 0 Å². The van der Waals surface area contributed by atoms with E-state index in [9.17, 15) is 18.0 Å². The van der Waals surface area contributed by atoms with Crippen molar-refractivity contribution in [2.75, 3.05) is 13.1 Å². The van der Waals surface area contributed by atoms with E-state index < -0.39 is 30.0 Å². The fourth-order valence-electron chi connectivity index (χ4n) is 1.86. The third-order valence-electron chi connectivity index (χ3n) is 2.67. The van der Waals surface area contributed by atoms with Gasteiger partial charge in [0.15, 0.2) is 0 Å². The van der Waals surface area contributed by atoms with Crippen molar-refractivity contribution in [3.8, 4) is 0 Å². The average Bonchev–Trinajstić information content (AvgIpc) is 2.12. The second kappa shape index (κ2) is 4.95. The third-order valence-corrected chi connectivity index (χ3v) is 2.67. The Hall–Kier alpha value is -0.980. The summed E-state index contributed by atoms with van der Waals surface area (Å²) in [5.74, 6) is 0. The Morgan fingerprint density at radius 2 is 1.89 bits per heavy atom. The molecule has 1 aliphatic heterocycles. The van der Waals surface area contributed by atoms with Gasteiger partial charge in [-0.2, -0.15) is 13.2 Å². The van der Waals surface area contributed by atoms with Crippen molar-refractivity contribution >= 4 is 6.09 Å². The van der Waals surface area contributed by atoms with Crippen LogP contribution in [0.2, 0.25) is 0 Å². The largest absolute Gasteiger partial charge is 0.444 e. The van der Waals surface area contributed by atoms with Crippen molar-refractivity contribution in [2.45, 2.75) is 51.6 Å². The summed E-state index contributed by atoms with van der Waals surface area (Å²) in [7, 11) is 0. The van der Waals surface area contributed by atoms with Crippen LogP contribution in [-0.2, 0) is 4.74 Å². The van der Waals surface area contributed by atoms with Crippen LogP contribution in [0.15, 0.2) is 0 Å². The summed E-state index contributed by atoms with van der Waals surface area (Å²) in [6, 6.07) is -2.69. The third kappa shape index (κ3) is 3.76. The van der Waals surface area contributed by atoms with Crippen molar-refractivity contribution < 1.29 is 22.7 Å². The molecule has 0 aromatic heterocycles. The number of rotatable bonds is 0. The minimum Gasteiger partial charge on any atom is -0.444 e. The zero-order valence-electron chi connectivity index (χ0n) is 11.0. The lowest BCUT2D eigenvalue weighted by Crippen LogP contribution is -2.63. The number of ether oxygens (including phenoxy) is 1. The second-order valence-corrected chi connectivity index (χ2v) is 5.39. The number of carbonyl (C=O) groups excluding carboxylic acids is 1. The Kier molecular flexibility index (Phi) is 4.15. The fourth-order valence-corrected chi connectivity index (χ4v) is 1.86. The van der Waals surface area contributed by atoms with E-state index in [1.54, 1.807) is 20.8 Å². The molecule has 7 heteroatoms. The predicted molar refractivity (Wildman–Crippen MR) is 60.2 cm³/mol. The van der Waals surface area contributed by atoms with Gasteiger partial charge in [0.1, 0.15) is 11.6 Å². The molecule has 0 bridgehead atoms. The summed E-state index contributed by atoms with van der Waals surface area (Å²) in [6.07, 6.45) is -5.08. The molecular weight excluding hydrogens is 249 g/mol. The quantitative estimate of drug-likeness (QED) is 0.732. The smallest absolute Gasteiger partial charge is 0.410 e. The molecule has 1 N–H and O–H groups in total. The van der Waals surface area contributed by atoms with E-state index in [4.69, 9.17) is 4.74 Å². The molecule has 4 nitrogen and oxygen atoms in total. The van der Waals surface area contributed by atoms with Gasteiger partial charge in [0, 0.05) is 13.1 Å². The van der Waals surface area contributed by atoms with E-state index in [1.165, 1.54) is 6.92 Å². The number of piperazine rings is 1. The number of amides is 1. The van der Waals surface area contributed by atoms with Gasteiger partial charge in [-0.05, 0) is 27.7 Å². The molecule has 1 amide bonds. The minimum absolute atomic E-state index is 0.105. The van der Waals surface area contributed by atoms with E-state index in [1.807, 2.05) is 0 Å². The SMILES string of the molecule is C[C@@H]1[C@H](C(F)(F)F)NCCN1C(=O)OC(C)(C)C. The standard InChI is InChI=1S/C11H19F3N2O2/c1-7-8(11(12,13)14)15-5-6-16(7)9(17)18-10(2,3)4/h7-8,15H,5-6H2,1-4H3/t7-,8-/m1/s1. The Balaban J connectivity index is 2.75. The molecule has 0 saturated carbocycles. The Labute approximate surface area is 104 Å². The van der Waals surface area contributed by atoms with Gasteiger partial charge in [-0.25, -0.2) is 4.79 Å². The van der Waals surface area contributed by atoms with Gasteiger partial charge < -0.3 is 15.0 Å². The van der Waals surface area contributed by atoms with Gasteiger partial charge in [-0.15, -0.1) is 0 Å². The highest BCUT2D eigenvalue weighted by Gasteiger charge is 2.48. The zero-order chi connectivity index (χ0) is 14.1. The van der Waals surface area contributed by atoms with Gasteiger partial charge >= 0.3 is 12.3 Å². The molecule has 1 heterocycles. The van der Waals surface area contributed by atoms with Crippen LogP contribution in [0, 0.1) is 0 Å². The number of hydrogen-bond donors (Lipinski definition) is 1. The first-order valence-electron chi connectivity index (χ1n) is 5.82. The van der Waals surface area contributed by atoms with Gasteiger partial charge in [0.05, 0.1) is 6.04 Å². The summed E-state index contributed by atoms with van der Waals surface area (Å²) in [6.45, 7) is 6.72. The summed E-state index contributed by atoms with van der Waals surface area (Å²) in [5, 5.41) is 2.38. The molecule has 1 saturated heterocycles. The minimum atomic E-state index is -4.37. The number of halogens is 3. The molecule has 0 aromatic rings. The lowest BCUT2D eigenvalue weighted by atomic mass is 10.1. The first kappa shape index (κ1) is 15.1. The maximum atomic E-state index is 12.7. The number of hydrogen-bond acceptors (Lipinski definition) is 3. The fraction of sp³-hybridized carbons (Fsp3) is 0.909. The molecule has 0 radical (unpaired) electrons. The highest BCUT2D eigenvalue weighted by atomic mass is 19.4. The van der Waals surface area contributed by atoms with Crippen LogP contribution in [-0.4, -0.2) is 47.9 Å². The van der Waals surface area contributed by atoms with E-state index >= 15 is 0 Å². The first-order chi connectivity index (χ1) is 8.02. The van der Waals surface area contributed by atoms with Crippen LogP contribution in [0.1, 0.15) is 27.7 Å². The maximum Gasteiger partial charge on any atom is 0.410 e. The summed E-state index contributed by atoms with van der Waals surface area (Å²) >= 11 is 0. The second-order valence-electron chi connectivity index (χ2n) is 5.39. The van der Waals surface area contributed by atoms with Crippen LogP contribution < -0.4 is 5.32 Å². The lowest BCUT2D eigenvalue weighted by molar-refractivity contribution is -0.173. The number of nitrogens with zero attached hydrogens (tertiary/aromatic N) is 1. The van der Waals surface area contributed by atoms with Crippen molar-refractivity contribution in [1.82, 2.24) is 10.2 Å². The van der Waals surface area contributed by atoms with E-state index in [2.05, 4.69) is 5.32 Å². The Bertz CT molecular complexity index is 312. The van der Waals surface area contributed by atoms with Crippen LogP contribution in [0.4, 0.5) is 18.0 Å². The molecule has 106 valence electrons. The number of carbonyl (C=O) groups is 1. The molecular formula is C11H19F3N2O2. The van der Waals surface area contributed by atoms with Gasteiger partial charge in [0.2, 0.25) is 0 Å². The lowest BCUT2D eigenvalue weighted by Gasteiger charge is -2.40. The van der Waals surface area contributed by atoms with Gasteiger partial charge in [-0.1, -0.05) is 0 Å². The van der Waals surface area contributed by atoms with E-state index in [0.717, 1.165) is 4.90 Å². The molecule has 0 aliphatic carbocycles. The number of alkyl halides is 3. The Morgan fingerprint density at radius 3 is 2.33 bits per heavy atom. The highest BCUT2D eigenvalue weighted by Crippen LogP contribution is 2.27. The van der Waals surface area contributed by atoms with Crippen LogP contribution >= 0.6 is 0 Å². The topological polar surface area (TPSA) is 41.6 Å². The van der Waals surface area contributed by atoms with Gasteiger partial charge in [-0.3, -0.25) is 0 Å². The number of nitrogens with one attached hydrogen (secondary N) is 1. The molecule has 2 atom stereocenters. The summed E-state index contributed by atoms with van der Waals surface area (Å²) in [4.78, 5) is 12.9. The summed E-state index contributed by atoms with van der Waals surface area (Å²) < 4.78 is 43.3. The maximum absolute atomic E-state index is 12.7. The molecule has 1 aliphatic rings. The van der Waals surface area contributed by atoms with Gasteiger partial charge in [0.25, 0.3) is 0 Å². The monoisotopic (exact) mass is 268 g/mol. The average molecular weight is 268 g/mol. The van der Waals surface area contributed by atoms with Crippen molar-refractivity contribution in [3.05, 3.63) is 0 Å². The predicted octanol–water partition coefficient (Wildman–Crippen LogP) is 2.15. The molecule has 1 fully saturated rings. The van der Waals surface area contributed by atoms with E-state index in [-0.39, 0.29) is 13.1 Å². The molecule has 1 rings (SSSR count). The first-order valence-corrected chi connectivity index (χ1v) is 5.82. The summed E-state index contributed by atoms with van der Waals surface area (Å²) in [5.41, 5.74) is -0.713. The Morgan fingerprint density at radius 1 is 1.33 bits per heavy atom. The van der Waals surface area contributed by atoms with Crippen LogP contribution in [0.25, 0.3) is 0 Å². The highest BCUT2D eigenvalue weighted by molar-refractivity contribution is 5.68. The zero-order valence-corrected chi connectivity index (χ0v) is 11.0. The molecule has 18 heavy (non-hydrogen) atoms. The molecule has 0 aromatic carbocycles. The normalized spacial score (nSPS) is 26.1. The van der Waals surface area contributed by atoms with Crippen molar-refractivity contribution in [2.24, 2.45) is 0 Å². The van der Waals surface area contributed by atoms with Crippen LogP contribution in [0.5, 0.6) is 0 Å². The molecule has 0 spiro atoms.